The number of nitrogens with two attached hydrogens (primary N) is 1. The fourth-order valence-electron chi connectivity index (χ4n) is 2.29. The summed E-state index contributed by atoms with van der Waals surface area (Å²) in [4.78, 5) is 4.55. The third-order valence-electron chi connectivity index (χ3n) is 3.35. The van der Waals surface area contributed by atoms with E-state index >= 15 is 0 Å². The second kappa shape index (κ2) is 5.71. The van der Waals surface area contributed by atoms with Gasteiger partial charge in [-0.05, 0) is 23.8 Å². The molecule has 0 saturated carbocycles. The van der Waals surface area contributed by atoms with Crippen LogP contribution in [0.4, 0.5) is 0 Å². The predicted molar refractivity (Wildman–Crippen MR) is 86.5 cm³/mol. The van der Waals surface area contributed by atoms with E-state index in [1.165, 1.54) is 12.1 Å². The van der Waals surface area contributed by atoms with E-state index in [2.05, 4.69) is 4.98 Å². The fraction of sp³-hybridized carbons (Fsp3) is 0. The van der Waals surface area contributed by atoms with Gasteiger partial charge in [0.15, 0.2) is 0 Å². The molecule has 0 spiro atoms. The first-order chi connectivity index (χ1) is 10.6. The topological polar surface area (TPSA) is 73.1 Å². The second-order valence-corrected chi connectivity index (χ2v) is 6.40. The molecule has 0 unspecified atom stereocenters. The van der Waals surface area contributed by atoms with E-state index in [4.69, 9.17) is 5.14 Å². The third kappa shape index (κ3) is 2.90. The monoisotopic (exact) mass is 310 g/mol. The van der Waals surface area contributed by atoms with Crippen LogP contribution in [-0.4, -0.2) is 13.4 Å². The number of pyridine rings is 1. The minimum atomic E-state index is -3.68. The van der Waals surface area contributed by atoms with Gasteiger partial charge in [-0.15, -0.1) is 0 Å². The van der Waals surface area contributed by atoms with Crippen molar-refractivity contribution in [1.29, 1.82) is 0 Å². The van der Waals surface area contributed by atoms with Crippen molar-refractivity contribution in [2.24, 2.45) is 5.14 Å². The number of sulfonamides is 1. The van der Waals surface area contributed by atoms with E-state index in [-0.39, 0.29) is 4.90 Å². The first-order valence-electron chi connectivity index (χ1n) is 6.69. The van der Waals surface area contributed by atoms with Crippen LogP contribution in [0.1, 0.15) is 0 Å². The lowest BCUT2D eigenvalue weighted by atomic mass is 10.00. The molecule has 1 aromatic heterocycles. The van der Waals surface area contributed by atoms with Gasteiger partial charge in [0, 0.05) is 17.3 Å². The largest absolute Gasteiger partial charge is 0.256 e. The molecule has 0 bridgehead atoms. The lowest BCUT2D eigenvalue weighted by molar-refractivity contribution is 0.598. The summed E-state index contributed by atoms with van der Waals surface area (Å²) in [5.74, 6) is 0. The Morgan fingerprint density at radius 3 is 2.09 bits per heavy atom. The Kier molecular flexibility index (Phi) is 3.75. The van der Waals surface area contributed by atoms with Gasteiger partial charge >= 0.3 is 0 Å². The zero-order valence-corrected chi connectivity index (χ0v) is 12.5. The van der Waals surface area contributed by atoms with Crippen LogP contribution in [0.2, 0.25) is 0 Å². The summed E-state index contributed by atoms with van der Waals surface area (Å²) >= 11 is 0. The third-order valence-corrected chi connectivity index (χ3v) is 4.28. The molecular weight excluding hydrogens is 296 g/mol. The standard InChI is InChI=1S/C17H14N2O2S/c18-22(20,21)15-10-8-13(9-11-15)16-7-4-12-19-17(16)14-5-2-1-3-6-14/h1-12H,(H2,18,20,21). The van der Waals surface area contributed by atoms with E-state index < -0.39 is 10.0 Å². The molecule has 2 aromatic carbocycles. The Morgan fingerprint density at radius 1 is 0.773 bits per heavy atom. The Balaban J connectivity index is 2.10. The van der Waals surface area contributed by atoms with Crippen LogP contribution in [-0.2, 0) is 10.0 Å². The highest BCUT2D eigenvalue weighted by Crippen LogP contribution is 2.30. The van der Waals surface area contributed by atoms with Gasteiger partial charge in [-0.25, -0.2) is 13.6 Å². The quantitative estimate of drug-likeness (QED) is 0.808. The zero-order valence-electron chi connectivity index (χ0n) is 11.7. The molecule has 0 fully saturated rings. The van der Waals surface area contributed by atoms with E-state index in [1.807, 2.05) is 42.5 Å². The van der Waals surface area contributed by atoms with Crippen LogP contribution < -0.4 is 5.14 Å². The molecule has 2 N–H and O–H groups in total. The molecule has 22 heavy (non-hydrogen) atoms. The first-order valence-corrected chi connectivity index (χ1v) is 8.24. The molecule has 0 saturated heterocycles. The van der Waals surface area contributed by atoms with E-state index in [0.717, 1.165) is 22.4 Å². The van der Waals surface area contributed by atoms with E-state index in [9.17, 15) is 8.42 Å². The van der Waals surface area contributed by atoms with Crippen molar-refractivity contribution in [2.45, 2.75) is 4.90 Å². The molecule has 0 aliphatic carbocycles. The maximum atomic E-state index is 11.3. The van der Waals surface area contributed by atoms with Gasteiger partial charge in [0.2, 0.25) is 10.0 Å². The Labute approximate surface area is 129 Å². The van der Waals surface area contributed by atoms with Crippen molar-refractivity contribution in [3.8, 4) is 22.4 Å². The molecule has 4 nitrogen and oxygen atoms in total. The molecular formula is C17H14N2O2S. The van der Waals surface area contributed by atoms with E-state index in [1.54, 1.807) is 18.3 Å². The van der Waals surface area contributed by atoms with Crippen LogP contribution in [0.15, 0.2) is 77.8 Å². The number of nitrogens with zero attached hydrogens (tertiary/aromatic N) is 1. The smallest absolute Gasteiger partial charge is 0.238 e. The Morgan fingerprint density at radius 2 is 1.45 bits per heavy atom. The van der Waals surface area contributed by atoms with Crippen molar-refractivity contribution in [1.82, 2.24) is 4.98 Å². The van der Waals surface area contributed by atoms with Crippen molar-refractivity contribution in [3.05, 3.63) is 72.9 Å². The molecule has 0 aliphatic rings. The molecule has 0 atom stereocenters. The van der Waals surface area contributed by atoms with Gasteiger partial charge in [-0.1, -0.05) is 48.5 Å². The minimum Gasteiger partial charge on any atom is -0.256 e. The maximum Gasteiger partial charge on any atom is 0.238 e. The lowest BCUT2D eigenvalue weighted by Crippen LogP contribution is -2.11. The van der Waals surface area contributed by atoms with Crippen molar-refractivity contribution >= 4 is 10.0 Å². The van der Waals surface area contributed by atoms with Gasteiger partial charge < -0.3 is 0 Å². The molecule has 3 rings (SSSR count). The van der Waals surface area contributed by atoms with Gasteiger partial charge in [-0.2, -0.15) is 0 Å². The molecule has 5 heteroatoms. The fourth-order valence-corrected chi connectivity index (χ4v) is 2.80. The molecule has 3 aromatic rings. The highest BCUT2D eigenvalue weighted by atomic mass is 32.2. The average Bonchev–Trinajstić information content (AvgIpc) is 2.55. The van der Waals surface area contributed by atoms with E-state index in [0.29, 0.717) is 0 Å². The predicted octanol–water partition coefficient (Wildman–Crippen LogP) is 3.06. The van der Waals surface area contributed by atoms with Crippen LogP contribution >= 0.6 is 0 Å². The van der Waals surface area contributed by atoms with Crippen LogP contribution in [0.25, 0.3) is 22.4 Å². The van der Waals surface area contributed by atoms with Gasteiger partial charge in [-0.3, -0.25) is 4.98 Å². The zero-order chi connectivity index (χ0) is 15.6. The number of rotatable bonds is 3. The average molecular weight is 310 g/mol. The molecule has 0 radical (unpaired) electrons. The summed E-state index contributed by atoms with van der Waals surface area (Å²) in [6.07, 6.45) is 1.74. The number of aromatic nitrogens is 1. The maximum absolute atomic E-state index is 11.3. The molecule has 0 aliphatic heterocycles. The van der Waals surface area contributed by atoms with Crippen LogP contribution in [0, 0.1) is 0 Å². The lowest BCUT2D eigenvalue weighted by Gasteiger charge is -2.09. The summed E-state index contributed by atoms with van der Waals surface area (Å²) in [5.41, 5.74) is 3.69. The SMILES string of the molecule is NS(=O)(=O)c1ccc(-c2cccnc2-c2ccccc2)cc1. The summed E-state index contributed by atoms with van der Waals surface area (Å²) in [6.45, 7) is 0. The highest BCUT2D eigenvalue weighted by molar-refractivity contribution is 7.89. The van der Waals surface area contributed by atoms with Gasteiger partial charge in [0.1, 0.15) is 0 Å². The Hall–Kier alpha value is -2.50. The second-order valence-electron chi connectivity index (χ2n) is 4.83. The van der Waals surface area contributed by atoms with Crippen LogP contribution in [0.5, 0.6) is 0 Å². The van der Waals surface area contributed by atoms with Crippen molar-refractivity contribution in [2.75, 3.05) is 0 Å². The number of hydrogen-bond donors (Lipinski definition) is 1. The number of benzene rings is 2. The summed E-state index contributed by atoms with van der Waals surface area (Å²) < 4.78 is 22.7. The minimum absolute atomic E-state index is 0.0985. The van der Waals surface area contributed by atoms with Crippen molar-refractivity contribution < 1.29 is 8.42 Å². The molecule has 1 heterocycles. The summed E-state index contributed by atoms with van der Waals surface area (Å²) in [7, 11) is -3.68. The summed E-state index contributed by atoms with van der Waals surface area (Å²) in [5, 5.41) is 5.13. The normalized spacial score (nSPS) is 11.3. The van der Waals surface area contributed by atoms with Crippen LogP contribution in [0.3, 0.4) is 0 Å². The van der Waals surface area contributed by atoms with Gasteiger partial charge in [0.25, 0.3) is 0 Å². The molecule has 110 valence electrons. The summed E-state index contributed by atoms with van der Waals surface area (Å²) in [6, 6.07) is 20.2. The highest BCUT2D eigenvalue weighted by Gasteiger charge is 2.11. The van der Waals surface area contributed by atoms with Gasteiger partial charge in [0.05, 0.1) is 10.6 Å². The van der Waals surface area contributed by atoms with Crippen molar-refractivity contribution in [3.63, 3.8) is 0 Å². The number of primary sulfonamides is 1. The first kappa shape index (κ1) is 14.4. The molecule has 0 amide bonds. The Bertz CT molecular complexity index is 889. The number of hydrogen-bond acceptors (Lipinski definition) is 3.